The van der Waals surface area contributed by atoms with Crippen LogP contribution in [0.3, 0.4) is 0 Å². The molecule has 0 spiro atoms. The van der Waals surface area contributed by atoms with Crippen LogP contribution in [-0.2, 0) is 9.47 Å². The van der Waals surface area contributed by atoms with Gasteiger partial charge in [0.15, 0.2) is 0 Å². The first-order chi connectivity index (χ1) is 9.48. The lowest BCUT2D eigenvalue weighted by Crippen LogP contribution is -2.27. The van der Waals surface area contributed by atoms with Crippen molar-refractivity contribution in [2.24, 2.45) is 0 Å². The SMILES string of the molecule is CCNCC(OCCC(C)(C)OC)c1ccc(C)cc1. The molecule has 0 heterocycles. The summed E-state index contributed by atoms with van der Waals surface area (Å²) in [7, 11) is 1.75. The quantitative estimate of drug-likeness (QED) is 0.750. The first-order valence-corrected chi connectivity index (χ1v) is 7.42. The highest BCUT2D eigenvalue weighted by Crippen LogP contribution is 2.20. The van der Waals surface area contributed by atoms with Gasteiger partial charge in [-0.15, -0.1) is 0 Å². The topological polar surface area (TPSA) is 30.5 Å². The number of ether oxygens (including phenoxy) is 2. The maximum Gasteiger partial charge on any atom is 0.0949 e. The molecule has 0 bridgehead atoms. The highest BCUT2D eigenvalue weighted by atomic mass is 16.5. The van der Waals surface area contributed by atoms with E-state index in [9.17, 15) is 0 Å². The lowest BCUT2D eigenvalue weighted by molar-refractivity contribution is -0.0271. The molecule has 1 rings (SSSR count). The van der Waals surface area contributed by atoms with E-state index < -0.39 is 0 Å². The molecule has 0 saturated carbocycles. The summed E-state index contributed by atoms with van der Waals surface area (Å²) in [5, 5.41) is 3.37. The van der Waals surface area contributed by atoms with Gasteiger partial charge in [-0.2, -0.15) is 0 Å². The molecule has 0 amide bonds. The third kappa shape index (κ3) is 6.04. The van der Waals surface area contributed by atoms with Crippen LogP contribution < -0.4 is 5.32 Å². The van der Waals surface area contributed by atoms with Crippen LogP contribution >= 0.6 is 0 Å². The zero-order valence-corrected chi connectivity index (χ0v) is 13.5. The van der Waals surface area contributed by atoms with Gasteiger partial charge in [-0.05, 0) is 39.3 Å². The van der Waals surface area contributed by atoms with Crippen LogP contribution in [0.25, 0.3) is 0 Å². The summed E-state index contributed by atoms with van der Waals surface area (Å²) in [6.45, 7) is 10.9. The number of rotatable bonds is 9. The van der Waals surface area contributed by atoms with Crippen molar-refractivity contribution in [3.05, 3.63) is 35.4 Å². The van der Waals surface area contributed by atoms with E-state index in [2.05, 4.69) is 57.3 Å². The molecule has 1 atom stereocenters. The normalized spacial score (nSPS) is 13.4. The molecule has 0 aliphatic heterocycles. The summed E-state index contributed by atoms with van der Waals surface area (Å²) >= 11 is 0. The first-order valence-electron chi connectivity index (χ1n) is 7.42. The van der Waals surface area contributed by atoms with Crippen molar-refractivity contribution in [2.45, 2.75) is 45.8 Å². The summed E-state index contributed by atoms with van der Waals surface area (Å²) < 4.78 is 11.5. The minimum atomic E-state index is -0.129. The van der Waals surface area contributed by atoms with Gasteiger partial charge < -0.3 is 14.8 Å². The Labute approximate surface area is 123 Å². The Morgan fingerprint density at radius 3 is 2.40 bits per heavy atom. The van der Waals surface area contributed by atoms with Gasteiger partial charge in [0.25, 0.3) is 0 Å². The minimum absolute atomic E-state index is 0.100. The fraction of sp³-hybridized carbons (Fsp3) is 0.647. The van der Waals surface area contributed by atoms with Crippen LogP contribution in [0.1, 0.15) is 44.4 Å². The lowest BCUT2D eigenvalue weighted by Gasteiger charge is -2.25. The summed E-state index contributed by atoms with van der Waals surface area (Å²) in [5.41, 5.74) is 2.37. The molecule has 3 nitrogen and oxygen atoms in total. The molecule has 0 aliphatic carbocycles. The fourth-order valence-electron chi connectivity index (χ4n) is 1.88. The molecule has 0 fully saturated rings. The molecule has 114 valence electrons. The van der Waals surface area contributed by atoms with E-state index in [4.69, 9.17) is 9.47 Å². The van der Waals surface area contributed by atoms with E-state index in [1.807, 2.05) is 0 Å². The smallest absolute Gasteiger partial charge is 0.0949 e. The molecule has 0 radical (unpaired) electrons. The number of hydrogen-bond donors (Lipinski definition) is 1. The third-order valence-electron chi connectivity index (χ3n) is 3.60. The van der Waals surface area contributed by atoms with Gasteiger partial charge in [0.2, 0.25) is 0 Å². The first kappa shape index (κ1) is 17.2. The number of nitrogens with one attached hydrogen (secondary N) is 1. The molecular weight excluding hydrogens is 250 g/mol. The van der Waals surface area contributed by atoms with Gasteiger partial charge in [0.05, 0.1) is 18.3 Å². The Morgan fingerprint density at radius 2 is 1.85 bits per heavy atom. The molecule has 1 unspecified atom stereocenters. The highest BCUT2D eigenvalue weighted by Gasteiger charge is 2.18. The second kappa shape index (κ2) is 8.40. The zero-order valence-electron chi connectivity index (χ0n) is 13.5. The average molecular weight is 279 g/mol. The molecule has 0 saturated heterocycles. The van der Waals surface area contributed by atoms with Crippen LogP contribution in [-0.4, -0.2) is 32.4 Å². The van der Waals surface area contributed by atoms with E-state index in [0.29, 0.717) is 6.61 Å². The Bertz CT molecular complexity index is 373. The van der Waals surface area contributed by atoms with Gasteiger partial charge >= 0.3 is 0 Å². The standard InChI is InChI=1S/C17H29NO2/c1-6-18-13-16(15-9-7-14(2)8-10-15)20-12-11-17(3,4)19-5/h7-10,16,18H,6,11-13H2,1-5H3. The second-order valence-corrected chi connectivity index (χ2v) is 5.79. The summed E-state index contributed by atoms with van der Waals surface area (Å²) in [5.74, 6) is 0. The summed E-state index contributed by atoms with van der Waals surface area (Å²) in [6.07, 6.45) is 0.987. The predicted molar refractivity (Wildman–Crippen MR) is 84.1 cm³/mol. The largest absolute Gasteiger partial charge is 0.379 e. The predicted octanol–water partition coefficient (Wildman–Crippen LogP) is 3.48. The molecule has 0 aliphatic rings. The summed E-state index contributed by atoms with van der Waals surface area (Å²) in [6, 6.07) is 8.57. The fourth-order valence-corrected chi connectivity index (χ4v) is 1.88. The molecule has 1 aromatic rings. The Balaban J connectivity index is 2.58. The third-order valence-corrected chi connectivity index (χ3v) is 3.60. The van der Waals surface area contributed by atoms with E-state index in [-0.39, 0.29) is 11.7 Å². The van der Waals surface area contributed by atoms with Crippen molar-refractivity contribution in [1.82, 2.24) is 5.32 Å². The van der Waals surface area contributed by atoms with Crippen LogP contribution in [0.5, 0.6) is 0 Å². The zero-order chi connectivity index (χ0) is 15.0. The van der Waals surface area contributed by atoms with Crippen molar-refractivity contribution in [3.63, 3.8) is 0 Å². The van der Waals surface area contributed by atoms with Crippen molar-refractivity contribution < 1.29 is 9.47 Å². The van der Waals surface area contributed by atoms with Crippen LogP contribution in [0.4, 0.5) is 0 Å². The van der Waals surface area contributed by atoms with Crippen molar-refractivity contribution in [3.8, 4) is 0 Å². The van der Waals surface area contributed by atoms with Gasteiger partial charge in [-0.25, -0.2) is 0 Å². The Hall–Kier alpha value is -0.900. The second-order valence-electron chi connectivity index (χ2n) is 5.79. The molecule has 1 N–H and O–H groups in total. The molecule has 20 heavy (non-hydrogen) atoms. The monoisotopic (exact) mass is 279 g/mol. The van der Waals surface area contributed by atoms with Crippen LogP contribution in [0.2, 0.25) is 0 Å². The maximum absolute atomic E-state index is 6.07. The molecule has 0 aromatic heterocycles. The molecule has 1 aromatic carbocycles. The number of methoxy groups -OCH3 is 1. The van der Waals surface area contributed by atoms with Crippen molar-refractivity contribution in [1.29, 1.82) is 0 Å². The molecule has 3 heteroatoms. The van der Waals surface area contributed by atoms with E-state index >= 15 is 0 Å². The van der Waals surface area contributed by atoms with Gasteiger partial charge in [-0.1, -0.05) is 36.8 Å². The van der Waals surface area contributed by atoms with Gasteiger partial charge in [0.1, 0.15) is 0 Å². The van der Waals surface area contributed by atoms with E-state index in [1.165, 1.54) is 11.1 Å². The Morgan fingerprint density at radius 1 is 1.20 bits per heavy atom. The van der Waals surface area contributed by atoms with Crippen molar-refractivity contribution >= 4 is 0 Å². The van der Waals surface area contributed by atoms with Crippen LogP contribution in [0.15, 0.2) is 24.3 Å². The Kier molecular flexibility index (Phi) is 7.20. The van der Waals surface area contributed by atoms with E-state index in [0.717, 1.165) is 19.5 Å². The number of benzene rings is 1. The molecular formula is C17H29NO2. The van der Waals surface area contributed by atoms with Gasteiger partial charge in [0, 0.05) is 13.7 Å². The number of aryl methyl sites for hydroxylation is 1. The highest BCUT2D eigenvalue weighted by molar-refractivity contribution is 5.23. The van der Waals surface area contributed by atoms with Gasteiger partial charge in [-0.3, -0.25) is 0 Å². The van der Waals surface area contributed by atoms with E-state index in [1.54, 1.807) is 7.11 Å². The van der Waals surface area contributed by atoms with Crippen LogP contribution in [0, 0.1) is 6.92 Å². The minimum Gasteiger partial charge on any atom is -0.379 e. The summed E-state index contributed by atoms with van der Waals surface area (Å²) in [4.78, 5) is 0. The maximum atomic E-state index is 6.07. The average Bonchev–Trinajstić information content (AvgIpc) is 2.43. The number of likely N-dealkylation sites (N-methyl/N-ethyl adjacent to an activating group) is 1. The van der Waals surface area contributed by atoms with Crippen molar-refractivity contribution in [2.75, 3.05) is 26.8 Å². The number of hydrogen-bond acceptors (Lipinski definition) is 3. The lowest BCUT2D eigenvalue weighted by atomic mass is 10.1.